The first-order valence-corrected chi connectivity index (χ1v) is 7.79. The van der Waals surface area contributed by atoms with Gasteiger partial charge >= 0.3 is 0 Å². The Bertz CT molecular complexity index is 760. The van der Waals surface area contributed by atoms with Crippen molar-refractivity contribution in [3.05, 3.63) is 66.2 Å². The van der Waals surface area contributed by atoms with Gasteiger partial charge in [-0.05, 0) is 44.0 Å². The topological polar surface area (TPSA) is 39.9 Å². The second-order valence-electron chi connectivity index (χ2n) is 5.78. The summed E-state index contributed by atoms with van der Waals surface area (Å²) in [5, 5.41) is 0. The third-order valence-electron chi connectivity index (χ3n) is 3.94. The molecule has 0 saturated heterocycles. The number of pyridine rings is 1. The lowest BCUT2D eigenvalue weighted by Gasteiger charge is -2.19. The first kappa shape index (κ1) is 15.3. The summed E-state index contributed by atoms with van der Waals surface area (Å²) in [5.41, 5.74) is 3.34. The first-order valence-electron chi connectivity index (χ1n) is 7.79. The van der Waals surface area contributed by atoms with Crippen LogP contribution in [0.15, 0.2) is 55.1 Å². The van der Waals surface area contributed by atoms with Gasteiger partial charge in [-0.25, -0.2) is 4.98 Å². The summed E-state index contributed by atoms with van der Waals surface area (Å²) in [6, 6.07) is 10.3. The largest absolute Gasteiger partial charge is 0.491 e. The summed E-state index contributed by atoms with van der Waals surface area (Å²) in [6.45, 7) is 6.88. The quantitative estimate of drug-likeness (QED) is 0.709. The van der Waals surface area contributed by atoms with Crippen LogP contribution in [0.4, 0.5) is 0 Å². The highest BCUT2D eigenvalue weighted by Crippen LogP contribution is 2.25. The van der Waals surface area contributed by atoms with E-state index >= 15 is 0 Å². The van der Waals surface area contributed by atoms with Crippen LogP contribution in [0.3, 0.4) is 0 Å². The molecule has 0 amide bonds. The highest BCUT2D eigenvalue weighted by Gasteiger charge is 2.13. The summed E-state index contributed by atoms with van der Waals surface area (Å²) in [4.78, 5) is 8.64. The molecule has 4 nitrogen and oxygen atoms in total. The summed E-state index contributed by atoms with van der Waals surface area (Å²) in [6.07, 6.45) is 7.40. The second-order valence-corrected chi connectivity index (χ2v) is 5.78. The Labute approximate surface area is 136 Å². The van der Waals surface area contributed by atoms with Gasteiger partial charge in [-0.2, -0.15) is 0 Å². The van der Waals surface area contributed by atoms with Crippen LogP contribution in [0.2, 0.25) is 0 Å². The van der Waals surface area contributed by atoms with Crippen LogP contribution in [-0.2, 0) is 0 Å². The minimum absolute atomic E-state index is 0.173. The number of imidazole rings is 1. The van der Waals surface area contributed by atoms with Crippen LogP contribution in [0.5, 0.6) is 5.75 Å². The minimum Gasteiger partial charge on any atom is -0.491 e. The van der Waals surface area contributed by atoms with Crippen molar-refractivity contribution in [1.29, 1.82) is 0 Å². The zero-order chi connectivity index (χ0) is 16.2. The molecule has 0 unspecified atom stereocenters. The number of para-hydroxylation sites is 1. The second kappa shape index (κ2) is 6.65. The van der Waals surface area contributed by atoms with Crippen molar-refractivity contribution in [1.82, 2.24) is 14.5 Å². The lowest BCUT2D eigenvalue weighted by atomic mass is 10.1. The van der Waals surface area contributed by atoms with E-state index in [1.165, 1.54) is 0 Å². The molecule has 118 valence electrons. The van der Waals surface area contributed by atoms with Crippen LogP contribution in [0.25, 0.3) is 11.4 Å². The van der Waals surface area contributed by atoms with Crippen molar-refractivity contribution in [2.75, 3.05) is 6.61 Å². The molecule has 4 heteroatoms. The molecule has 0 saturated carbocycles. The fourth-order valence-corrected chi connectivity index (χ4v) is 2.70. The van der Waals surface area contributed by atoms with Gasteiger partial charge in [-0.3, -0.25) is 4.98 Å². The first-order chi connectivity index (χ1) is 11.2. The third-order valence-corrected chi connectivity index (χ3v) is 3.94. The Hall–Kier alpha value is -2.62. The van der Waals surface area contributed by atoms with Crippen molar-refractivity contribution in [3.63, 3.8) is 0 Å². The number of aromatic nitrogens is 3. The SMILES string of the molecule is Cc1cccc(C)c1OC[C@H](C)n1ccnc1-c1cccnc1. The maximum atomic E-state index is 6.08. The lowest BCUT2D eigenvalue weighted by molar-refractivity contribution is 0.258. The number of benzene rings is 1. The van der Waals surface area contributed by atoms with Gasteiger partial charge in [-0.15, -0.1) is 0 Å². The van der Waals surface area contributed by atoms with Crippen molar-refractivity contribution in [3.8, 4) is 17.1 Å². The Morgan fingerprint density at radius 2 is 1.87 bits per heavy atom. The molecule has 3 rings (SSSR count). The highest BCUT2D eigenvalue weighted by molar-refractivity contribution is 5.53. The molecule has 0 N–H and O–H groups in total. The molecule has 23 heavy (non-hydrogen) atoms. The molecule has 0 aliphatic rings. The fraction of sp³-hybridized carbons (Fsp3) is 0.263. The predicted molar refractivity (Wildman–Crippen MR) is 91.6 cm³/mol. The predicted octanol–water partition coefficient (Wildman–Crippen LogP) is 4.20. The fourth-order valence-electron chi connectivity index (χ4n) is 2.70. The van der Waals surface area contributed by atoms with Crippen molar-refractivity contribution >= 4 is 0 Å². The monoisotopic (exact) mass is 307 g/mol. The Balaban J connectivity index is 1.77. The van der Waals surface area contributed by atoms with Gasteiger partial charge in [0, 0.05) is 30.4 Å². The van der Waals surface area contributed by atoms with E-state index in [2.05, 4.69) is 53.5 Å². The van der Waals surface area contributed by atoms with Gasteiger partial charge < -0.3 is 9.30 Å². The van der Waals surface area contributed by atoms with E-state index in [-0.39, 0.29) is 6.04 Å². The van der Waals surface area contributed by atoms with Crippen LogP contribution >= 0.6 is 0 Å². The van der Waals surface area contributed by atoms with Crippen LogP contribution in [0.1, 0.15) is 24.1 Å². The average Bonchev–Trinajstić information content (AvgIpc) is 3.05. The van der Waals surface area contributed by atoms with Gasteiger partial charge in [0.2, 0.25) is 0 Å². The third kappa shape index (κ3) is 3.26. The van der Waals surface area contributed by atoms with Gasteiger partial charge in [0.25, 0.3) is 0 Å². The molecular weight excluding hydrogens is 286 g/mol. The van der Waals surface area contributed by atoms with Crippen LogP contribution in [-0.4, -0.2) is 21.1 Å². The molecule has 1 aromatic carbocycles. The van der Waals surface area contributed by atoms with Gasteiger partial charge in [0.05, 0.1) is 6.04 Å². The molecule has 1 atom stereocenters. The molecule has 2 aromatic heterocycles. The van der Waals surface area contributed by atoms with Crippen LogP contribution in [0, 0.1) is 13.8 Å². The lowest BCUT2D eigenvalue weighted by Crippen LogP contribution is -2.15. The van der Waals surface area contributed by atoms with E-state index < -0.39 is 0 Å². The van der Waals surface area contributed by atoms with Gasteiger partial charge in [0.15, 0.2) is 0 Å². The van der Waals surface area contributed by atoms with E-state index in [1.54, 1.807) is 6.20 Å². The maximum absolute atomic E-state index is 6.08. The van der Waals surface area contributed by atoms with Crippen molar-refractivity contribution in [2.45, 2.75) is 26.8 Å². The Kier molecular flexibility index (Phi) is 4.42. The molecule has 0 bridgehead atoms. The molecule has 0 spiro atoms. The summed E-state index contributed by atoms with van der Waals surface area (Å²) >= 11 is 0. The summed E-state index contributed by atoms with van der Waals surface area (Å²) in [7, 11) is 0. The highest BCUT2D eigenvalue weighted by atomic mass is 16.5. The van der Waals surface area contributed by atoms with Gasteiger partial charge in [0.1, 0.15) is 18.2 Å². The van der Waals surface area contributed by atoms with Crippen LogP contribution < -0.4 is 4.74 Å². The summed E-state index contributed by atoms with van der Waals surface area (Å²) < 4.78 is 8.21. The molecular formula is C19H21N3O. The number of hydrogen-bond donors (Lipinski definition) is 0. The number of nitrogens with zero attached hydrogens (tertiary/aromatic N) is 3. The van der Waals surface area contributed by atoms with E-state index in [0.717, 1.165) is 28.3 Å². The van der Waals surface area contributed by atoms with Gasteiger partial charge in [-0.1, -0.05) is 18.2 Å². The minimum atomic E-state index is 0.173. The number of rotatable bonds is 5. The molecule has 2 heterocycles. The zero-order valence-electron chi connectivity index (χ0n) is 13.7. The number of ether oxygens (including phenoxy) is 1. The molecule has 0 aliphatic heterocycles. The van der Waals surface area contributed by atoms with E-state index in [4.69, 9.17) is 4.74 Å². The Morgan fingerprint density at radius 1 is 1.09 bits per heavy atom. The number of hydrogen-bond acceptors (Lipinski definition) is 3. The molecule has 0 aliphatic carbocycles. The van der Waals surface area contributed by atoms with Crippen molar-refractivity contribution in [2.24, 2.45) is 0 Å². The smallest absolute Gasteiger partial charge is 0.141 e. The normalized spacial score (nSPS) is 12.1. The summed E-state index contributed by atoms with van der Waals surface area (Å²) in [5.74, 6) is 1.89. The zero-order valence-corrected chi connectivity index (χ0v) is 13.7. The maximum Gasteiger partial charge on any atom is 0.141 e. The average molecular weight is 307 g/mol. The standard InChI is InChI=1S/C19H21N3O/c1-14-6-4-7-15(2)18(14)23-13-16(3)22-11-10-21-19(22)17-8-5-9-20-12-17/h4-12,16H,13H2,1-3H3/t16-/m0/s1. The molecule has 0 radical (unpaired) electrons. The van der Waals surface area contributed by atoms with E-state index in [9.17, 15) is 0 Å². The molecule has 3 aromatic rings. The Morgan fingerprint density at radius 3 is 2.57 bits per heavy atom. The van der Waals surface area contributed by atoms with E-state index in [1.807, 2.05) is 30.7 Å². The number of aryl methyl sites for hydroxylation is 2. The molecule has 0 fully saturated rings. The van der Waals surface area contributed by atoms with Crippen molar-refractivity contribution < 1.29 is 4.74 Å². The van der Waals surface area contributed by atoms with E-state index in [0.29, 0.717) is 6.61 Å².